The van der Waals surface area contributed by atoms with Gasteiger partial charge in [0, 0.05) is 23.1 Å². The molecule has 4 rings (SSSR count). The molecular weight excluding hydrogens is 449 g/mol. The molecule has 0 radical (unpaired) electrons. The van der Waals surface area contributed by atoms with Crippen LogP contribution < -0.4 is 0 Å². The van der Waals surface area contributed by atoms with Gasteiger partial charge in [0.05, 0.1) is 10.8 Å². The molecule has 0 saturated carbocycles. The maximum absolute atomic E-state index is 13.1. The van der Waals surface area contributed by atoms with E-state index in [0.29, 0.717) is 30.2 Å². The van der Waals surface area contributed by atoms with E-state index in [1.54, 1.807) is 36.4 Å². The lowest BCUT2D eigenvalue weighted by atomic mass is 10.00. The minimum absolute atomic E-state index is 0.180. The molecule has 1 aromatic heterocycles. The number of benzene rings is 2. The Morgan fingerprint density at radius 2 is 1.82 bits per heavy atom. The second-order valence-corrected chi connectivity index (χ2v) is 9.47. The summed E-state index contributed by atoms with van der Waals surface area (Å²) in [5.74, 6) is 0.243. The fourth-order valence-electron chi connectivity index (χ4n) is 3.24. The third-order valence-corrected chi connectivity index (χ3v) is 7.14. The minimum Gasteiger partial charge on any atom is -0.339 e. The van der Waals surface area contributed by atoms with Gasteiger partial charge in [-0.1, -0.05) is 21.1 Å². The molecule has 1 atom stereocenters. The average Bonchev–Trinajstić information content (AvgIpc) is 3.19. The van der Waals surface area contributed by atoms with E-state index in [9.17, 15) is 12.8 Å². The zero-order valence-corrected chi connectivity index (χ0v) is 17.2. The van der Waals surface area contributed by atoms with Crippen LogP contribution >= 0.6 is 15.9 Å². The lowest BCUT2D eigenvalue weighted by molar-refractivity contribution is 0.265. The molecule has 28 heavy (non-hydrogen) atoms. The summed E-state index contributed by atoms with van der Waals surface area (Å²) in [5, 5.41) is 3.96. The highest BCUT2D eigenvalue weighted by Gasteiger charge is 2.33. The van der Waals surface area contributed by atoms with Gasteiger partial charge in [-0.3, -0.25) is 0 Å². The zero-order valence-electron chi connectivity index (χ0n) is 14.8. The first-order chi connectivity index (χ1) is 13.4. The van der Waals surface area contributed by atoms with Gasteiger partial charge < -0.3 is 4.52 Å². The molecule has 0 bridgehead atoms. The Morgan fingerprint density at radius 1 is 1.11 bits per heavy atom. The van der Waals surface area contributed by atoms with Crippen molar-refractivity contribution < 1.29 is 17.3 Å². The van der Waals surface area contributed by atoms with E-state index in [-0.39, 0.29) is 23.2 Å². The fourth-order valence-corrected chi connectivity index (χ4v) is 5.02. The van der Waals surface area contributed by atoms with Gasteiger partial charge in [-0.05, 0) is 61.4 Å². The van der Waals surface area contributed by atoms with E-state index < -0.39 is 10.0 Å². The summed E-state index contributed by atoms with van der Waals surface area (Å²) in [6, 6.07) is 12.4. The molecule has 2 aromatic carbocycles. The van der Waals surface area contributed by atoms with Crippen molar-refractivity contribution in [1.29, 1.82) is 0 Å². The first-order valence-corrected chi connectivity index (χ1v) is 11.0. The molecule has 1 aliphatic rings. The number of piperidine rings is 1. The van der Waals surface area contributed by atoms with E-state index in [1.165, 1.54) is 16.4 Å². The summed E-state index contributed by atoms with van der Waals surface area (Å²) < 4.78 is 46.6. The molecule has 1 saturated heterocycles. The molecule has 2 heterocycles. The van der Waals surface area contributed by atoms with Crippen molar-refractivity contribution in [1.82, 2.24) is 14.4 Å². The number of nitrogens with zero attached hydrogens (tertiary/aromatic N) is 3. The second kappa shape index (κ2) is 7.73. The largest absolute Gasteiger partial charge is 0.339 e. The predicted molar refractivity (Wildman–Crippen MR) is 105 cm³/mol. The summed E-state index contributed by atoms with van der Waals surface area (Å²) in [6.45, 7) is 0.733. The van der Waals surface area contributed by atoms with Crippen molar-refractivity contribution in [2.45, 2.75) is 23.7 Å². The Labute approximate surface area is 170 Å². The molecule has 6 nitrogen and oxygen atoms in total. The summed E-state index contributed by atoms with van der Waals surface area (Å²) >= 11 is 3.32. The number of sulfonamides is 1. The second-order valence-electron chi connectivity index (χ2n) is 6.62. The van der Waals surface area contributed by atoms with Gasteiger partial charge in [0.2, 0.25) is 21.7 Å². The summed E-state index contributed by atoms with van der Waals surface area (Å²) in [6.07, 6.45) is 1.46. The van der Waals surface area contributed by atoms with Crippen LogP contribution in [0.5, 0.6) is 0 Å². The third-order valence-electron chi connectivity index (χ3n) is 4.73. The average molecular weight is 466 g/mol. The van der Waals surface area contributed by atoms with Gasteiger partial charge in [-0.15, -0.1) is 0 Å². The maximum Gasteiger partial charge on any atom is 0.243 e. The van der Waals surface area contributed by atoms with Gasteiger partial charge in [0.15, 0.2) is 0 Å². The van der Waals surface area contributed by atoms with E-state index in [4.69, 9.17) is 4.52 Å². The minimum atomic E-state index is -3.59. The first-order valence-electron chi connectivity index (χ1n) is 8.79. The van der Waals surface area contributed by atoms with Crippen molar-refractivity contribution in [3.63, 3.8) is 0 Å². The quantitative estimate of drug-likeness (QED) is 0.576. The van der Waals surface area contributed by atoms with Crippen LogP contribution in [0.1, 0.15) is 24.7 Å². The predicted octanol–water partition coefficient (Wildman–Crippen LogP) is 4.21. The standard InChI is InChI=1S/C19H17BrFN3O3S/c20-15-5-9-17(10-6-15)28(25,26)24-11-1-2-14(12-24)19-22-18(23-27-19)13-3-7-16(21)8-4-13/h3-10,14H,1-2,11-12H2/t14-/m0/s1. The van der Waals surface area contributed by atoms with Crippen molar-refractivity contribution in [2.24, 2.45) is 0 Å². The lowest BCUT2D eigenvalue weighted by Gasteiger charge is -2.30. The van der Waals surface area contributed by atoms with Crippen LogP contribution in [0, 0.1) is 5.82 Å². The van der Waals surface area contributed by atoms with Gasteiger partial charge >= 0.3 is 0 Å². The fraction of sp³-hybridized carbons (Fsp3) is 0.263. The maximum atomic E-state index is 13.1. The molecule has 0 amide bonds. The molecule has 3 aromatic rings. The van der Waals surface area contributed by atoms with E-state index in [1.807, 2.05) is 0 Å². The summed E-state index contributed by atoms with van der Waals surface area (Å²) in [7, 11) is -3.59. The highest BCUT2D eigenvalue weighted by molar-refractivity contribution is 9.10. The topological polar surface area (TPSA) is 76.3 Å². The van der Waals surface area contributed by atoms with Crippen LogP contribution in [0.4, 0.5) is 4.39 Å². The number of rotatable bonds is 4. The molecule has 146 valence electrons. The van der Waals surface area contributed by atoms with Gasteiger partial charge in [0.25, 0.3) is 0 Å². The number of hydrogen-bond donors (Lipinski definition) is 0. The van der Waals surface area contributed by atoms with Crippen molar-refractivity contribution in [3.8, 4) is 11.4 Å². The van der Waals surface area contributed by atoms with Gasteiger partial charge in [-0.2, -0.15) is 9.29 Å². The van der Waals surface area contributed by atoms with Gasteiger partial charge in [-0.25, -0.2) is 12.8 Å². The third kappa shape index (κ3) is 3.87. The molecule has 0 N–H and O–H groups in total. The lowest BCUT2D eigenvalue weighted by Crippen LogP contribution is -2.39. The number of aromatic nitrogens is 2. The molecule has 0 spiro atoms. The number of hydrogen-bond acceptors (Lipinski definition) is 5. The highest BCUT2D eigenvalue weighted by atomic mass is 79.9. The monoisotopic (exact) mass is 465 g/mol. The van der Waals surface area contributed by atoms with Crippen LogP contribution in [0.25, 0.3) is 11.4 Å². The Balaban J connectivity index is 1.54. The SMILES string of the molecule is O=S(=O)(c1ccc(Br)cc1)N1CCC[C@H](c2nc(-c3ccc(F)cc3)no2)C1. The number of halogens is 2. The van der Waals surface area contributed by atoms with Crippen LogP contribution in [-0.2, 0) is 10.0 Å². The summed E-state index contributed by atoms with van der Waals surface area (Å²) in [4.78, 5) is 4.66. The molecule has 9 heteroatoms. The highest BCUT2D eigenvalue weighted by Crippen LogP contribution is 2.31. The molecule has 1 fully saturated rings. The Morgan fingerprint density at radius 3 is 2.54 bits per heavy atom. The Bertz CT molecular complexity index is 1070. The van der Waals surface area contributed by atoms with E-state index >= 15 is 0 Å². The van der Waals surface area contributed by atoms with E-state index in [0.717, 1.165) is 10.9 Å². The molecule has 1 aliphatic heterocycles. The first kappa shape index (κ1) is 19.2. The molecule has 0 aliphatic carbocycles. The smallest absolute Gasteiger partial charge is 0.243 e. The van der Waals surface area contributed by atoms with E-state index in [2.05, 4.69) is 26.1 Å². The Kier molecular flexibility index (Phi) is 5.31. The molecule has 0 unspecified atom stereocenters. The summed E-state index contributed by atoms with van der Waals surface area (Å²) in [5.41, 5.74) is 0.645. The van der Waals surface area contributed by atoms with Gasteiger partial charge in [0.1, 0.15) is 5.82 Å². The van der Waals surface area contributed by atoms with Crippen molar-refractivity contribution in [2.75, 3.05) is 13.1 Å². The van der Waals surface area contributed by atoms with Crippen LogP contribution in [0.3, 0.4) is 0 Å². The van der Waals surface area contributed by atoms with Crippen LogP contribution in [-0.4, -0.2) is 36.0 Å². The van der Waals surface area contributed by atoms with Crippen molar-refractivity contribution >= 4 is 26.0 Å². The van der Waals surface area contributed by atoms with Crippen LogP contribution in [0.2, 0.25) is 0 Å². The normalized spacial score (nSPS) is 18.3. The molecular formula is C19H17BrFN3O3S. The Hall–Kier alpha value is -2.10. The van der Waals surface area contributed by atoms with Crippen molar-refractivity contribution in [3.05, 3.63) is 64.7 Å². The zero-order chi connectivity index (χ0) is 19.7. The van der Waals surface area contributed by atoms with Crippen LogP contribution in [0.15, 0.2) is 62.4 Å².